The highest BCUT2D eigenvalue weighted by atomic mass is 32.2. The lowest BCUT2D eigenvalue weighted by molar-refractivity contribution is -0.121. The number of aromatic nitrogens is 2. The van der Waals surface area contributed by atoms with Crippen LogP contribution in [0.5, 0.6) is 11.5 Å². The molecule has 1 N–H and O–H groups in total. The number of benzene rings is 4. The van der Waals surface area contributed by atoms with Crippen molar-refractivity contribution < 1.29 is 31.5 Å². The number of fused-ring (bicyclic) bond motifs is 1. The minimum absolute atomic E-state index is 0.230. The van der Waals surface area contributed by atoms with Crippen LogP contribution in [0.3, 0.4) is 0 Å². The van der Waals surface area contributed by atoms with Crippen LogP contribution in [-0.4, -0.2) is 37.3 Å². The van der Waals surface area contributed by atoms with E-state index < -0.39 is 39.1 Å². The molecule has 11 heteroatoms. The van der Waals surface area contributed by atoms with Gasteiger partial charge in [0, 0.05) is 18.8 Å². The third-order valence-electron chi connectivity index (χ3n) is 6.18. The van der Waals surface area contributed by atoms with Crippen molar-refractivity contribution in [2.45, 2.75) is 17.9 Å². The fourth-order valence-electron chi connectivity index (χ4n) is 4.16. The molecular weight excluding hydrogens is 552 g/mol. The van der Waals surface area contributed by atoms with Crippen LogP contribution >= 0.6 is 0 Å². The molecule has 1 amide bonds. The number of carbonyl (C=O) groups excluding carboxylic acids is 1. The van der Waals surface area contributed by atoms with Crippen LogP contribution in [0.15, 0.2) is 102 Å². The van der Waals surface area contributed by atoms with E-state index in [1.165, 1.54) is 0 Å². The normalized spacial score (nSPS) is 11.4. The molecule has 0 spiro atoms. The van der Waals surface area contributed by atoms with Crippen molar-refractivity contribution in [3.05, 3.63) is 120 Å². The molecule has 0 aliphatic carbocycles. The molecule has 0 aliphatic heterocycles. The summed E-state index contributed by atoms with van der Waals surface area (Å²) in [4.78, 5) is 11.8. The van der Waals surface area contributed by atoms with Crippen LogP contribution in [0.25, 0.3) is 10.8 Å². The van der Waals surface area contributed by atoms with Crippen molar-refractivity contribution in [2.24, 2.45) is 0 Å². The smallest absolute Gasteiger partial charge is 0.271 e. The summed E-state index contributed by atoms with van der Waals surface area (Å²) in [5, 5.41) is 6.48. The van der Waals surface area contributed by atoms with Crippen LogP contribution in [0, 0.1) is 11.6 Å². The highest BCUT2D eigenvalue weighted by molar-refractivity contribution is 7.90. The van der Waals surface area contributed by atoms with E-state index in [1.54, 1.807) is 33.8 Å². The van der Waals surface area contributed by atoms with Gasteiger partial charge >= 0.3 is 0 Å². The summed E-state index contributed by atoms with van der Waals surface area (Å²) < 4.78 is 66.7. The number of carbonyl (C=O) groups is 1. The average Bonchev–Trinajstić information content (AvgIpc) is 3.47. The van der Waals surface area contributed by atoms with Crippen LogP contribution < -0.4 is 14.2 Å². The van der Waals surface area contributed by atoms with Gasteiger partial charge in [-0.2, -0.15) is 5.10 Å². The van der Waals surface area contributed by atoms with Gasteiger partial charge in [-0.25, -0.2) is 21.9 Å². The number of nitrogens with zero attached hydrogens (tertiary/aromatic N) is 2. The zero-order valence-corrected chi connectivity index (χ0v) is 22.5. The highest BCUT2D eigenvalue weighted by Crippen LogP contribution is 2.29. The number of ether oxygens (including phenoxy) is 2. The molecule has 0 unspecified atom stereocenters. The molecule has 0 radical (unpaired) electrons. The Kier molecular flexibility index (Phi) is 8.25. The van der Waals surface area contributed by atoms with Gasteiger partial charge in [-0.1, -0.05) is 48.5 Å². The maximum absolute atomic E-state index is 13.5. The van der Waals surface area contributed by atoms with Gasteiger partial charge < -0.3 is 9.47 Å². The maximum atomic E-state index is 13.5. The second kappa shape index (κ2) is 12.2. The first-order valence-electron chi connectivity index (χ1n) is 12.6. The summed E-state index contributed by atoms with van der Waals surface area (Å²) >= 11 is 0. The summed E-state index contributed by atoms with van der Waals surface area (Å²) in [7, 11) is -4.44. The van der Waals surface area contributed by atoms with Gasteiger partial charge in [-0.3, -0.25) is 9.48 Å². The number of halogens is 2. The second-order valence-corrected chi connectivity index (χ2v) is 10.8. The van der Waals surface area contributed by atoms with Crippen molar-refractivity contribution in [2.75, 3.05) is 13.2 Å². The minimum Gasteiger partial charge on any atom is -0.489 e. The van der Waals surface area contributed by atoms with E-state index in [0.717, 1.165) is 28.0 Å². The van der Waals surface area contributed by atoms with E-state index in [1.807, 2.05) is 42.6 Å². The van der Waals surface area contributed by atoms with Gasteiger partial charge in [0.15, 0.2) is 29.7 Å². The maximum Gasteiger partial charge on any atom is 0.271 e. The molecule has 0 bridgehead atoms. The Bertz CT molecular complexity index is 1790. The number of rotatable bonds is 11. The molecule has 0 saturated heterocycles. The van der Waals surface area contributed by atoms with Gasteiger partial charge in [0.25, 0.3) is 15.9 Å². The van der Waals surface area contributed by atoms with E-state index >= 15 is 0 Å². The number of nitrogens with one attached hydrogen (secondary N) is 1. The number of hydrogen-bond donors (Lipinski definition) is 1. The summed E-state index contributed by atoms with van der Waals surface area (Å²) in [5.41, 5.74) is 1.95. The number of amides is 1. The molecule has 0 atom stereocenters. The SMILES string of the molecule is O=C(COc1ccc(Cn2cccn2)cc1OCCc1ccc2ccccc2c1)NS(=O)(=O)c1ccc(F)c(F)c1. The van der Waals surface area contributed by atoms with Crippen LogP contribution in [0.2, 0.25) is 0 Å². The van der Waals surface area contributed by atoms with E-state index in [-0.39, 0.29) is 5.75 Å². The lowest BCUT2D eigenvalue weighted by Gasteiger charge is -2.15. The Balaban J connectivity index is 1.27. The van der Waals surface area contributed by atoms with E-state index in [9.17, 15) is 22.0 Å². The third kappa shape index (κ3) is 7.06. The molecule has 8 nitrogen and oxygen atoms in total. The van der Waals surface area contributed by atoms with Gasteiger partial charge in [0.2, 0.25) is 0 Å². The monoisotopic (exact) mass is 577 g/mol. The zero-order valence-electron chi connectivity index (χ0n) is 21.7. The number of hydrogen-bond acceptors (Lipinski definition) is 6. The average molecular weight is 578 g/mol. The fraction of sp³-hybridized carbons (Fsp3) is 0.133. The van der Waals surface area contributed by atoms with Crippen molar-refractivity contribution in [1.29, 1.82) is 0 Å². The molecule has 0 saturated carbocycles. The van der Waals surface area contributed by atoms with Gasteiger partial charge in [0.1, 0.15) is 0 Å². The summed E-state index contributed by atoms with van der Waals surface area (Å²) in [6, 6.07) is 23.2. The fourth-order valence-corrected chi connectivity index (χ4v) is 5.14. The van der Waals surface area contributed by atoms with E-state index in [0.29, 0.717) is 37.5 Å². The first-order valence-corrected chi connectivity index (χ1v) is 14.1. The molecule has 210 valence electrons. The molecule has 5 rings (SSSR count). The van der Waals surface area contributed by atoms with Gasteiger partial charge in [0.05, 0.1) is 18.0 Å². The standard InChI is InChI=1S/C30H25F2N3O5S/c31-26-10-9-25(18-27(26)32)41(37,38)34-30(36)20-40-28-11-7-22(19-35-14-3-13-33-35)17-29(28)39-15-12-21-6-8-23-4-1-2-5-24(23)16-21/h1-11,13-14,16-18H,12,15,19-20H2,(H,34,36). The molecule has 0 aliphatic rings. The largest absolute Gasteiger partial charge is 0.489 e. The van der Waals surface area contributed by atoms with Crippen molar-refractivity contribution in [1.82, 2.24) is 14.5 Å². The molecule has 4 aromatic carbocycles. The first kappa shape index (κ1) is 27.8. The zero-order chi connectivity index (χ0) is 28.8. The van der Waals surface area contributed by atoms with Crippen LogP contribution in [0.4, 0.5) is 8.78 Å². The predicted octanol–water partition coefficient (Wildman–Crippen LogP) is 4.87. The minimum atomic E-state index is -4.44. The quantitative estimate of drug-likeness (QED) is 0.241. The summed E-state index contributed by atoms with van der Waals surface area (Å²) in [6.45, 7) is 0.125. The van der Waals surface area contributed by atoms with Crippen LogP contribution in [0.1, 0.15) is 11.1 Å². The van der Waals surface area contributed by atoms with E-state index in [4.69, 9.17) is 9.47 Å². The van der Waals surface area contributed by atoms with Crippen molar-refractivity contribution >= 4 is 26.7 Å². The Morgan fingerprint density at radius 2 is 1.63 bits per heavy atom. The van der Waals surface area contributed by atoms with Gasteiger partial charge in [-0.15, -0.1) is 0 Å². The topological polar surface area (TPSA) is 99.5 Å². The number of sulfonamides is 1. The predicted molar refractivity (Wildman–Crippen MR) is 148 cm³/mol. The highest BCUT2D eigenvalue weighted by Gasteiger charge is 2.20. The molecular formula is C30H25F2N3O5S. The van der Waals surface area contributed by atoms with Crippen LogP contribution in [-0.2, 0) is 27.8 Å². The molecule has 1 aromatic heterocycles. The molecule has 5 aromatic rings. The van der Waals surface area contributed by atoms with Crippen molar-refractivity contribution in [3.8, 4) is 11.5 Å². The Hall–Kier alpha value is -4.77. The molecule has 0 fully saturated rings. The van der Waals surface area contributed by atoms with Gasteiger partial charge in [-0.05, 0) is 58.3 Å². The lowest BCUT2D eigenvalue weighted by Crippen LogP contribution is -2.34. The Morgan fingerprint density at radius 1 is 0.829 bits per heavy atom. The Morgan fingerprint density at radius 3 is 2.41 bits per heavy atom. The summed E-state index contributed by atoms with van der Waals surface area (Å²) in [6.07, 6.45) is 4.11. The molecule has 1 heterocycles. The third-order valence-corrected chi connectivity index (χ3v) is 7.55. The molecule has 41 heavy (non-hydrogen) atoms. The van der Waals surface area contributed by atoms with Crippen molar-refractivity contribution in [3.63, 3.8) is 0 Å². The van der Waals surface area contributed by atoms with E-state index in [2.05, 4.69) is 17.2 Å². The second-order valence-electron chi connectivity index (χ2n) is 9.16. The Labute approximate surface area is 235 Å². The lowest BCUT2D eigenvalue weighted by atomic mass is 10.1. The summed E-state index contributed by atoms with van der Waals surface area (Å²) in [5.74, 6) is -2.96. The first-order chi connectivity index (χ1) is 19.8.